The van der Waals surface area contributed by atoms with Crippen LogP contribution in [0.15, 0.2) is 51.8 Å². The van der Waals surface area contributed by atoms with E-state index in [9.17, 15) is 8.42 Å². The molecule has 3 N–H and O–H groups in total. The second-order valence-electron chi connectivity index (χ2n) is 4.48. The summed E-state index contributed by atoms with van der Waals surface area (Å²) in [4.78, 5) is 0.274. The molecular weight excluding hydrogens is 340 g/mol. The third-order valence-electron chi connectivity index (χ3n) is 2.86. The standard InChI is InChI=1S/C14H15BrN2O2S/c1-10-5-6-12(15)8-14(10)20(18,19)17-9-11-3-2-4-13(16)7-11/h2-8,17H,9,16H2,1H3. The van der Waals surface area contributed by atoms with E-state index in [2.05, 4.69) is 20.7 Å². The summed E-state index contributed by atoms with van der Waals surface area (Å²) in [7, 11) is -3.55. The number of nitrogens with one attached hydrogen (secondary N) is 1. The van der Waals surface area contributed by atoms with Crippen LogP contribution >= 0.6 is 15.9 Å². The molecule has 0 aliphatic rings. The molecule has 0 amide bonds. The molecule has 0 fully saturated rings. The molecule has 0 bridgehead atoms. The molecule has 2 aromatic rings. The molecule has 0 aliphatic heterocycles. The minimum Gasteiger partial charge on any atom is -0.399 e. The molecule has 2 aromatic carbocycles. The van der Waals surface area contributed by atoms with Gasteiger partial charge in [-0.3, -0.25) is 0 Å². The highest BCUT2D eigenvalue weighted by Gasteiger charge is 2.16. The highest BCUT2D eigenvalue weighted by atomic mass is 79.9. The molecule has 0 aromatic heterocycles. The van der Waals surface area contributed by atoms with E-state index in [0.717, 1.165) is 10.0 Å². The monoisotopic (exact) mass is 354 g/mol. The van der Waals surface area contributed by atoms with Crippen molar-refractivity contribution in [1.82, 2.24) is 4.72 Å². The van der Waals surface area contributed by atoms with Crippen LogP contribution < -0.4 is 10.5 Å². The zero-order valence-corrected chi connectivity index (χ0v) is 13.3. The second-order valence-corrected chi connectivity index (χ2v) is 7.13. The predicted octanol–water partition coefficient (Wildman–Crippen LogP) is 2.82. The maximum atomic E-state index is 12.3. The van der Waals surface area contributed by atoms with Gasteiger partial charge in [0.15, 0.2) is 0 Å². The summed E-state index contributed by atoms with van der Waals surface area (Å²) in [5, 5.41) is 0. The Hall–Kier alpha value is -1.37. The van der Waals surface area contributed by atoms with E-state index in [1.165, 1.54) is 0 Å². The Morgan fingerprint density at radius 1 is 1.20 bits per heavy atom. The van der Waals surface area contributed by atoms with Crippen LogP contribution in [0, 0.1) is 6.92 Å². The first-order valence-electron chi connectivity index (χ1n) is 5.99. The van der Waals surface area contributed by atoms with Gasteiger partial charge in [-0.1, -0.05) is 34.1 Å². The van der Waals surface area contributed by atoms with Gasteiger partial charge in [-0.25, -0.2) is 13.1 Å². The highest BCUT2D eigenvalue weighted by Crippen LogP contribution is 2.20. The molecule has 0 atom stereocenters. The molecule has 0 heterocycles. The van der Waals surface area contributed by atoms with Crippen molar-refractivity contribution in [2.75, 3.05) is 5.73 Å². The first kappa shape index (κ1) is 15.0. The van der Waals surface area contributed by atoms with Crippen molar-refractivity contribution < 1.29 is 8.42 Å². The maximum Gasteiger partial charge on any atom is 0.241 e. The smallest absolute Gasteiger partial charge is 0.241 e. The van der Waals surface area contributed by atoms with Gasteiger partial charge < -0.3 is 5.73 Å². The molecule has 0 radical (unpaired) electrons. The summed E-state index contributed by atoms with van der Waals surface area (Å²) >= 11 is 3.29. The minimum absolute atomic E-state index is 0.208. The van der Waals surface area contributed by atoms with Crippen LogP contribution in [0.25, 0.3) is 0 Å². The third-order valence-corrected chi connectivity index (χ3v) is 4.89. The third kappa shape index (κ3) is 3.59. The SMILES string of the molecule is Cc1ccc(Br)cc1S(=O)(=O)NCc1cccc(N)c1. The van der Waals surface area contributed by atoms with Gasteiger partial charge in [0, 0.05) is 16.7 Å². The fourth-order valence-corrected chi connectivity index (χ4v) is 3.62. The molecule has 2 rings (SSSR count). The normalized spacial score (nSPS) is 11.5. The summed E-state index contributed by atoms with van der Waals surface area (Å²) in [6.07, 6.45) is 0. The average Bonchev–Trinajstić information content (AvgIpc) is 2.39. The Morgan fingerprint density at radius 3 is 2.65 bits per heavy atom. The zero-order valence-electron chi connectivity index (χ0n) is 10.9. The van der Waals surface area contributed by atoms with Crippen molar-refractivity contribution in [2.45, 2.75) is 18.4 Å². The van der Waals surface area contributed by atoms with Crippen LogP contribution in [-0.4, -0.2) is 8.42 Å². The van der Waals surface area contributed by atoms with Crippen LogP contribution in [-0.2, 0) is 16.6 Å². The zero-order chi connectivity index (χ0) is 14.8. The Kier molecular flexibility index (Phi) is 4.47. The van der Waals surface area contributed by atoms with Crippen LogP contribution in [0.4, 0.5) is 5.69 Å². The summed E-state index contributed by atoms with van der Waals surface area (Å²) in [6, 6.07) is 12.3. The van der Waals surface area contributed by atoms with Gasteiger partial charge in [0.25, 0.3) is 0 Å². The number of rotatable bonds is 4. The second kappa shape index (κ2) is 5.95. The van der Waals surface area contributed by atoms with E-state index in [0.29, 0.717) is 11.3 Å². The van der Waals surface area contributed by atoms with Gasteiger partial charge >= 0.3 is 0 Å². The highest BCUT2D eigenvalue weighted by molar-refractivity contribution is 9.10. The molecular formula is C14H15BrN2O2S. The summed E-state index contributed by atoms with van der Waals surface area (Å²) < 4.78 is 27.9. The lowest BCUT2D eigenvalue weighted by atomic mass is 10.2. The fraction of sp³-hybridized carbons (Fsp3) is 0.143. The van der Waals surface area contributed by atoms with Gasteiger partial charge in [-0.15, -0.1) is 0 Å². The van der Waals surface area contributed by atoms with Crippen molar-refractivity contribution in [3.63, 3.8) is 0 Å². The lowest BCUT2D eigenvalue weighted by molar-refractivity contribution is 0.580. The quantitative estimate of drug-likeness (QED) is 0.829. The topological polar surface area (TPSA) is 72.2 Å². The van der Waals surface area contributed by atoms with E-state index in [4.69, 9.17) is 5.73 Å². The molecule has 20 heavy (non-hydrogen) atoms. The average molecular weight is 355 g/mol. The molecule has 0 unspecified atom stereocenters. The number of sulfonamides is 1. The Labute approximate surface area is 127 Å². The van der Waals surface area contributed by atoms with E-state index in [1.54, 1.807) is 37.3 Å². The Bertz CT molecular complexity index is 730. The fourth-order valence-electron chi connectivity index (χ4n) is 1.82. The Balaban J connectivity index is 2.21. The number of hydrogen-bond donors (Lipinski definition) is 2. The van der Waals surface area contributed by atoms with E-state index >= 15 is 0 Å². The van der Waals surface area contributed by atoms with Crippen molar-refractivity contribution in [2.24, 2.45) is 0 Å². The number of hydrogen-bond acceptors (Lipinski definition) is 3. The first-order chi connectivity index (χ1) is 9.38. The maximum absolute atomic E-state index is 12.3. The van der Waals surface area contributed by atoms with Gasteiger partial charge in [-0.05, 0) is 42.3 Å². The number of benzene rings is 2. The summed E-state index contributed by atoms with van der Waals surface area (Å²) in [5.74, 6) is 0. The van der Waals surface area contributed by atoms with Gasteiger partial charge in [0.05, 0.1) is 4.90 Å². The largest absolute Gasteiger partial charge is 0.399 e. The number of anilines is 1. The van der Waals surface area contributed by atoms with Crippen LogP contribution in [0.1, 0.15) is 11.1 Å². The van der Waals surface area contributed by atoms with Crippen molar-refractivity contribution in [3.05, 3.63) is 58.1 Å². The van der Waals surface area contributed by atoms with Gasteiger partial charge in [0.1, 0.15) is 0 Å². The van der Waals surface area contributed by atoms with E-state index < -0.39 is 10.0 Å². The Morgan fingerprint density at radius 2 is 1.95 bits per heavy atom. The molecule has 0 aliphatic carbocycles. The molecule has 6 heteroatoms. The van der Waals surface area contributed by atoms with Crippen LogP contribution in [0.2, 0.25) is 0 Å². The van der Waals surface area contributed by atoms with Gasteiger partial charge in [-0.2, -0.15) is 0 Å². The van der Waals surface area contributed by atoms with Crippen LogP contribution in [0.3, 0.4) is 0 Å². The molecule has 106 valence electrons. The van der Waals surface area contributed by atoms with E-state index in [-0.39, 0.29) is 11.4 Å². The van der Waals surface area contributed by atoms with Crippen molar-refractivity contribution in [3.8, 4) is 0 Å². The number of halogens is 1. The van der Waals surface area contributed by atoms with E-state index in [1.807, 2.05) is 12.1 Å². The molecule has 0 saturated carbocycles. The van der Waals surface area contributed by atoms with Crippen molar-refractivity contribution >= 4 is 31.6 Å². The summed E-state index contributed by atoms with van der Waals surface area (Å²) in [5.41, 5.74) is 7.80. The van der Waals surface area contributed by atoms with Crippen molar-refractivity contribution in [1.29, 1.82) is 0 Å². The minimum atomic E-state index is -3.55. The molecule has 0 spiro atoms. The number of nitrogens with two attached hydrogens (primary N) is 1. The molecule has 0 saturated heterocycles. The van der Waals surface area contributed by atoms with Gasteiger partial charge in [0.2, 0.25) is 10.0 Å². The number of nitrogen functional groups attached to an aromatic ring is 1. The summed E-state index contributed by atoms with van der Waals surface area (Å²) in [6.45, 7) is 1.97. The van der Waals surface area contributed by atoms with Crippen LogP contribution in [0.5, 0.6) is 0 Å². The first-order valence-corrected chi connectivity index (χ1v) is 8.26. The number of aryl methyl sites for hydroxylation is 1. The lowest BCUT2D eigenvalue weighted by Gasteiger charge is -2.10. The molecule has 4 nitrogen and oxygen atoms in total. The predicted molar refractivity (Wildman–Crippen MR) is 83.8 cm³/mol. The lowest BCUT2D eigenvalue weighted by Crippen LogP contribution is -2.24.